The monoisotopic (exact) mass is 517 g/mol. The van der Waals surface area contributed by atoms with Crippen LogP contribution in [0.1, 0.15) is 116 Å². The second-order valence-electron chi connectivity index (χ2n) is 11.5. The quantitative estimate of drug-likeness (QED) is 0.277. The molecule has 0 amide bonds. The molecule has 0 radical (unpaired) electrons. The molecular formula is C35H51NS. The molecule has 0 heterocycles. The molecule has 2 fully saturated rings. The number of thioether (sulfide) groups is 1. The molecule has 3 rings (SSSR count). The molecule has 0 aromatic heterocycles. The van der Waals surface area contributed by atoms with Crippen LogP contribution in [0.2, 0.25) is 0 Å². The van der Waals surface area contributed by atoms with Crippen LogP contribution in [0.3, 0.4) is 0 Å². The van der Waals surface area contributed by atoms with Gasteiger partial charge in [0.25, 0.3) is 0 Å². The van der Waals surface area contributed by atoms with Gasteiger partial charge in [0.05, 0.1) is 0 Å². The highest BCUT2D eigenvalue weighted by molar-refractivity contribution is 8.10. The lowest BCUT2D eigenvalue weighted by Crippen LogP contribution is -2.30. The fourth-order valence-corrected chi connectivity index (χ4v) is 6.47. The average molecular weight is 518 g/mol. The third kappa shape index (κ3) is 9.71. The van der Waals surface area contributed by atoms with Gasteiger partial charge in [-0.3, -0.25) is 0 Å². The molecule has 2 aliphatic carbocycles. The van der Waals surface area contributed by atoms with Crippen molar-refractivity contribution >= 4 is 16.7 Å². The summed E-state index contributed by atoms with van der Waals surface area (Å²) in [6.07, 6.45) is 19.6. The Kier molecular flexibility index (Phi) is 12.4. The van der Waals surface area contributed by atoms with Gasteiger partial charge in [0, 0.05) is 16.6 Å². The first-order valence-electron chi connectivity index (χ1n) is 14.8. The van der Waals surface area contributed by atoms with Crippen molar-refractivity contribution in [3.63, 3.8) is 0 Å². The minimum atomic E-state index is 0.573. The third-order valence-electron chi connectivity index (χ3n) is 8.28. The molecule has 0 bridgehead atoms. The van der Waals surface area contributed by atoms with Crippen molar-refractivity contribution in [1.82, 2.24) is 5.32 Å². The molecule has 1 N–H and O–H groups in total. The van der Waals surface area contributed by atoms with Gasteiger partial charge in [-0.1, -0.05) is 113 Å². The Bertz CT molecular complexity index is 975. The van der Waals surface area contributed by atoms with Crippen LogP contribution in [0.5, 0.6) is 0 Å². The summed E-state index contributed by atoms with van der Waals surface area (Å²) in [6.45, 7) is 17.8. The Hall–Kier alpha value is -1.93. The van der Waals surface area contributed by atoms with Crippen molar-refractivity contribution in [2.75, 3.05) is 0 Å². The molecule has 37 heavy (non-hydrogen) atoms. The van der Waals surface area contributed by atoms with E-state index in [0.29, 0.717) is 6.04 Å². The van der Waals surface area contributed by atoms with Crippen molar-refractivity contribution in [1.29, 1.82) is 0 Å². The van der Waals surface area contributed by atoms with Gasteiger partial charge >= 0.3 is 0 Å². The van der Waals surface area contributed by atoms with Gasteiger partial charge in [-0.25, -0.2) is 0 Å². The third-order valence-corrected chi connectivity index (χ3v) is 9.27. The van der Waals surface area contributed by atoms with Crippen molar-refractivity contribution in [2.24, 2.45) is 5.92 Å². The number of allylic oxidation sites excluding steroid dienone is 4. The first kappa shape index (κ1) is 29.6. The number of hydrogen-bond acceptors (Lipinski definition) is 2. The Morgan fingerprint density at radius 2 is 1.54 bits per heavy atom. The van der Waals surface area contributed by atoms with Gasteiger partial charge in [0.1, 0.15) is 0 Å². The molecule has 202 valence electrons. The van der Waals surface area contributed by atoms with E-state index in [1.165, 1.54) is 104 Å². The summed E-state index contributed by atoms with van der Waals surface area (Å²) in [4.78, 5) is 1.11. The van der Waals surface area contributed by atoms with E-state index in [-0.39, 0.29) is 0 Å². The maximum atomic E-state index is 4.51. The largest absolute Gasteiger partial charge is 0.382 e. The Morgan fingerprint density at radius 1 is 0.919 bits per heavy atom. The lowest BCUT2D eigenvalue weighted by Gasteiger charge is -2.26. The number of benzene rings is 1. The molecule has 0 spiro atoms. The first-order valence-corrected chi connectivity index (χ1v) is 15.7. The Labute approximate surface area is 232 Å². The van der Waals surface area contributed by atoms with E-state index in [0.717, 1.165) is 29.4 Å². The Balaban J connectivity index is 1.77. The van der Waals surface area contributed by atoms with E-state index in [2.05, 4.69) is 81.9 Å². The molecule has 0 saturated heterocycles. The number of aryl methyl sites for hydroxylation is 1. The predicted molar refractivity (Wildman–Crippen MR) is 168 cm³/mol. The van der Waals surface area contributed by atoms with Gasteiger partial charge in [0.15, 0.2) is 0 Å². The van der Waals surface area contributed by atoms with Crippen LogP contribution in [0.25, 0.3) is 4.91 Å². The smallest absolute Gasteiger partial charge is 0.0342 e. The summed E-state index contributed by atoms with van der Waals surface area (Å²) < 4.78 is 0. The van der Waals surface area contributed by atoms with E-state index in [9.17, 15) is 0 Å². The van der Waals surface area contributed by atoms with Crippen molar-refractivity contribution < 1.29 is 0 Å². The van der Waals surface area contributed by atoms with Crippen LogP contribution >= 0.6 is 11.8 Å². The second-order valence-corrected chi connectivity index (χ2v) is 12.4. The average Bonchev–Trinajstić information content (AvgIpc) is 2.92. The molecule has 1 aromatic rings. The number of nitrogens with one attached hydrogen (secondary N) is 1. The number of rotatable bonds is 12. The van der Waals surface area contributed by atoms with Crippen LogP contribution in [0.15, 0.2) is 76.9 Å². The van der Waals surface area contributed by atoms with E-state index < -0.39 is 0 Å². The fourth-order valence-electron chi connectivity index (χ4n) is 5.73. The normalized spacial score (nSPS) is 17.9. The van der Waals surface area contributed by atoms with Crippen LogP contribution < -0.4 is 5.32 Å². The molecular weight excluding hydrogens is 466 g/mol. The van der Waals surface area contributed by atoms with E-state index in [4.69, 9.17) is 0 Å². The molecule has 2 aliphatic rings. The zero-order valence-electron chi connectivity index (χ0n) is 24.1. The molecule has 0 unspecified atom stereocenters. The van der Waals surface area contributed by atoms with E-state index in [1.807, 2.05) is 0 Å². The second kappa shape index (κ2) is 15.5. The summed E-state index contributed by atoms with van der Waals surface area (Å²) in [5, 5.41) is 6.12. The highest BCUT2D eigenvalue weighted by Gasteiger charge is 2.17. The SMILES string of the molecule is C=C(NC1CCCCC1)C(/C=C(CCC1CCCCC1)/C(C)=C/SC(=C)c1ccc(CC)cc1)=C(C)C. The van der Waals surface area contributed by atoms with Crippen molar-refractivity contribution in [3.8, 4) is 0 Å². The lowest BCUT2D eigenvalue weighted by atomic mass is 9.84. The van der Waals surface area contributed by atoms with Crippen molar-refractivity contribution in [2.45, 2.75) is 117 Å². The summed E-state index contributed by atoms with van der Waals surface area (Å²) in [5.74, 6) is 0.878. The van der Waals surface area contributed by atoms with Gasteiger partial charge in [-0.15, -0.1) is 0 Å². The Morgan fingerprint density at radius 3 is 2.14 bits per heavy atom. The van der Waals surface area contributed by atoms with Crippen LogP contribution in [-0.4, -0.2) is 6.04 Å². The standard InChI is InChI=1S/C35H51NS/c1-7-30-18-21-32(22-19-30)29(6)37-25-27(4)33(23-20-31-14-10-8-11-15-31)24-35(26(2)3)28(5)36-34-16-12-9-13-17-34/h18-19,21-22,24-25,31,34,36H,5-17,20,23H2,1-4H3/b27-25+,33-24+. The molecule has 1 aromatic carbocycles. The summed E-state index contributed by atoms with van der Waals surface area (Å²) in [6, 6.07) is 9.43. The first-order chi connectivity index (χ1) is 17.9. The summed E-state index contributed by atoms with van der Waals surface area (Å²) in [5.41, 5.74) is 9.13. The van der Waals surface area contributed by atoms with Gasteiger partial charge in [-0.2, -0.15) is 0 Å². The minimum Gasteiger partial charge on any atom is -0.382 e. The summed E-state index contributed by atoms with van der Waals surface area (Å²) in [7, 11) is 0. The van der Waals surface area contributed by atoms with Crippen molar-refractivity contribution in [3.05, 3.63) is 88.0 Å². The molecule has 2 heteroatoms. The maximum Gasteiger partial charge on any atom is 0.0342 e. The molecule has 0 aliphatic heterocycles. The molecule has 1 nitrogen and oxygen atoms in total. The van der Waals surface area contributed by atoms with Crippen LogP contribution in [0, 0.1) is 5.92 Å². The van der Waals surface area contributed by atoms with Crippen LogP contribution in [-0.2, 0) is 6.42 Å². The predicted octanol–water partition coefficient (Wildman–Crippen LogP) is 10.9. The van der Waals surface area contributed by atoms with Gasteiger partial charge in [-0.05, 0) is 98.1 Å². The van der Waals surface area contributed by atoms with Gasteiger partial charge in [0.2, 0.25) is 0 Å². The van der Waals surface area contributed by atoms with E-state index in [1.54, 1.807) is 11.8 Å². The fraction of sp³-hybridized carbons (Fsp3) is 0.543. The molecule has 2 saturated carbocycles. The highest BCUT2D eigenvalue weighted by atomic mass is 32.2. The van der Waals surface area contributed by atoms with Gasteiger partial charge < -0.3 is 5.32 Å². The molecule has 0 atom stereocenters. The topological polar surface area (TPSA) is 12.0 Å². The lowest BCUT2D eigenvalue weighted by molar-refractivity contribution is 0.339. The highest BCUT2D eigenvalue weighted by Crippen LogP contribution is 2.34. The zero-order chi connectivity index (χ0) is 26.6. The van der Waals surface area contributed by atoms with Crippen LogP contribution in [0.4, 0.5) is 0 Å². The minimum absolute atomic E-state index is 0.573. The zero-order valence-corrected chi connectivity index (χ0v) is 25.0. The summed E-state index contributed by atoms with van der Waals surface area (Å²) >= 11 is 1.76. The maximum absolute atomic E-state index is 4.51. The van der Waals surface area contributed by atoms with E-state index >= 15 is 0 Å². The number of hydrogen-bond donors (Lipinski definition) is 1.